The van der Waals surface area contributed by atoms with Crippen LogP contribution in [0.15, 0.2) is 51.7 Å². The highest BCUT2D eigenvalue weighted by Gasteiger charge is 2.14. The third kappa shape index (κ3) is 4.23. The van der Waals surface area contributed by atoms with Gasteiger partial charge in [-0.15, -0.1) is 0 Å². The van der Waals surface area contributed by atoms with Crippen molar-refractivity contribution in [1.82, 2.24) is 14.9 Å². The molecule has 0 radical (unpaired) electrons. The van der Waals surface area contributed by atoms with E-state index >= 15 is 0 Å². The number of rotatable bonds is 7. The third-order valence-corrected chi connectivity index (χ3v) is 5.12. The maximum atomic E-state index is 12.8. The van der Waals surface area contributed by atoms with E-state index in [1.165, 1.54) is 4.57 Å². The Kier molecular flexibility index (Phi) is 6.11. The van der Waals surface area contributed by atoms with Gasteiger partial charge in [0.25, 0.3) is 5.56 Å². The average Bonchev–Trinajstić information content (AvgIpc) is 2.68. The van der Waals surface area contributed by atoms with Gasteiger partial charge in [-0.1, -0.05) is 18.2 Å². The van der Waals surface area contributed by atoms with Crippen molar-refractivity contribution in [3.63, 3.8) is 0 Å². The van der Waals surface area contributed by atoms with E-state index in [9.17, 15) is 9.59 Å². The van der Waals surface area contributed by atoms with Gasteiger partial charge in [-0.2, -0.15) is 0 Å². The molecule has 1 heterocycles. The number of amides is 1. The summed E-state index contributed by atoms with van der Waals surface area (Å²) in [6.07, 6.45) is 0. The number of aromatic nitrogens is 2. The molecule has 0 aliphatic rings. The molecule has 146 valence electrons. The molecule has 0 aliphatic heterocycles. The number of methoxy groups -OCH3 is 1. The van der Waals surface area contributed by atoms with E-state index < -0.39 is 5.91 Å². The van der Waals surface area contributed by atoms with E-state index in [0.717, 1.165) is 15.8 Å². The average molecular weight is 445 g/mol. The number of benzene rings is 2. The molecule has 28 heavy (non-hydrogen) atoms. The predicted octanol–water partition coefficient (Wildman–Crippen LogP) is 2.50. The molecule has 1 aromatic heterocycles. The lowest BCUT2D eigenvalue weighted by atomic mass is 10.1. The summed E-state index contributed by atoms with van der Waals surface area (Å²) >= 11 is 3.49. The summed E-state index contributed by atoms with van der Waals surface area (Å²) in [5, 5.41) is 3.81. The molecule has 0 aliphatic carbocycles. The number of carbonyl (C=O) groups is 1. The standard InChI is InChI=1S/C20H21BrN4O3/c1-12(13-7-8-17(28-2)15(21)9-13)23-10-19-24-16-6-4-3-5-14(16)20(27)25(19)11-18(22)26/h3-9,12,23H,10-11H2,1-2H3,(H2,22,26). The Bertz CT molecular complexity index is 1080. The number of ether oxygens (including phenoxy) is 1. The summed E-state index contributed by atoms with van der Waals surface area (Å²) in [6.45, 7) is 2.10. The first-order valence-electron chi connectivity index (χ1n) is 8.74. The quantitative estimate of drug-likeness (QED) is 0.582. The van der Waals surface area contributed by atoms with Crippen LogP contribution in [0, 0.1) is 0 Å². The minimum Gasteiger partial charge on any atom is -0.496 e. The van der Waals surface area contributed by atoms with Gasteiger partial charge in [-0.05, 0) is 52.7 Å². The van der Waals surface area contributed by atoms with Gasteiger partial charge in [0.2, 0.25) is 5.91 Å². The van der Waals surface area contributed by atoms with Crippen LogP contribution in [0.2, 0.25) is 0 Å². The van der Waals surface area contributed by atoms with Crippen LogP contribution in [0.5, 0.6) is 5.75 Å². The lowest BCUT2D eigenvalue weighted by molar-refractivity contribution is -0.118. The van der Waals surface area contributed by atoms with E-state index in [1.54, 1.807) is 25.3 Å². The van der Waals surface area contributed by atoms with Crippen molar-refractivity contribution in [3.05, 3.63) is 68.7 Å². The van der Waals surface area contributed by atoms with Gasteiger partial charge >= 0.3 is 0 Å². The van der Waals surface area contributed by atoms with Crippen LogP contribution >= 0.6 is 15.9 Å². The summed E-state index contributed by atoms with van der Waals surface area (Å²) in [5.41, 5.74) is 6.68. The van der Waals surface area contributed by atoms with Gasteiger partial charge in [0.15, 0.2) is 0 Å². The molecule has 0 spiro atoms. The molecular formula is C20H21BrN4O3. The summed E-state index contributed by atoms with van der Waals surface area (Å²) in [4.78, 5) is 28.8. The van der Waals surface area contributed by atoms with Crippen molar-refractivity contribution in [2.45, 2.75) is 26.1 Å². The SMILES string of the molecule is COc1ccc(C(C)NCc2nc3ccccc3c(=O)n2CC(N)=O)cc1Br. The van der Waals surface area contributed by atoms with Gasteiger partial charge in [-0.3, -0.25) is 14.2 Å². The second-order valence-electron chi connectivity index (χ2n) is 6.40. The number of carbonyl (C=O) groups excluding carboxylic acids is 1. The van der Waals surface area contributed by atoms with Crippen LogP contribution < -0.4 is 21.3 Å². The number of primary amides is 1. The van der Waals surface area contributed by atoms with Crippen LogP contribution in [-0.4, -0.2) is 22.6 Å². The van der Waals surface area contributed by atoms with Gasteiger partial charge in [0, 0.05) is 6.04 Å². The third-order valence-electron chi connectivity index (χ3n) is 4.50. The first-order chi connectivity index (χ1) is 13.4. The molecule has 3 N–H and O–H groups in total. The Labute approximate surface area is 170 Å². The maximum Gasteiger partial charge on any atom is 0.261 e. The fourth-order valence-corrected chi connectivity index (χ4v) is 3.54. The van der Waals surface area contributed by atoms with Gasteiger partial charge in [0.1, 0.15) is 18.1 Å². The lowest BCUT2D eigenvalue weighted by Crippen LogP contribution is -2.33. The Morgan fingerprint density at radius 3 is 2.75 bits per heavy atom. The van der Waals surface area contributed by atoms with Crippen molar-refractivity contribution in [2.24, 2.45) is 5.73 Å². The normalized spacial score (nSPS) is 12.1. The fraction of sp³-hybridized carbons (Fsp3) is 0.250. The first kappa shape index (κ1) is 20.0. The van der Waals surface area contributed by atoms with E-state index in [1.807, 2.05) is 31.2 Å². The largest absolute Gasteiger partial charge is 0.496 e. The van der Waals surface area contributed by atoms with Crippen molar-refractivity contribution >= 4 is 32.7 Å². The molecule has 2 aromatic carbocycles. The summed E-state index contributed by atoms with van der Waals surface area (Å²) in [6, 6.07) is 12.9. The molecule has 3 rings (SSSR count). The zero-order valence-electron chi connectivity index (χ0n) is 15.6. The molecule has 0 saturated carbocycles. The molecule has 7 nitrogen and oxygen atoms in total. The van der Waals surface area contributed by atoms with Gasteiger partial charge in [-0.25, -0.2) is 4.98 Å². The molecule has 1 atom stereocenters. The molecule has 0 bridgehead atoms. The Balaban J connectivity index is 1.89. The van der Waals surface area contributed by atoms with E-state index in [2.05, 4.69) is 26.2 Å². The van der Waals surface area contributed by atoms with E-state index in [-0.39, 0.29) is 18.1 Å². The minimum absolute atomic E-state index is 0.0207. The Hall–Kier alpha value is -2.71. The second kappa shape index (κ2) is 8.53. The number of hydrogen-bond donors (Lipinski definition) is 2. The van der Waals surface area contributed by atoms with Gasteiger partial charge < -0.3 is 15.8 Å². The van der Waals surface area contributed by atoms with Crippen molar-refractivity contribution in [3.8, 4) is 5.75 Å². The minimum atomic E-state index is -0.590. The van der Waals surface area contributed by atoms with Crippen molar-refractivity contribution in [2.75, 3.05) is 7.11 Å². The highest BCUT2D eigenvalue weighted by atomic mass is 79.9. The highest BCUT2D eigenvalue weighted by Crippen LogP contribution is 2.28. The van der Waals surface area contributed by atoms with Crippen LogP contribution in [0.25, 0.3) is 10.9 Å². The lowest BCUT2D eigenvalue weighted by Gasteiger charge is -2.18. The molecule has 8 heteroatoms. The molecule has 1 amide bonds. The topological polar surface area (TPSA) is 99.2 Å². The van der Waals surface area contributed by atoms with Crippen LogP contribution in [0.1, 0.15) is 24.4 Å². The molecular weight excluding hydrogens is 424 g/mol. The Morgan fingerprint density at radius 2 is 2.07 bits per heavy atom. The number of fused-ring (bicyclic) bond motifs is 1. The number of hydrogen-bond acceptors (Lipinski definition) is 5. The summed E-state index contributed by atoms with van der Waals surface area (Å²) in [5.74, 6) is 0.622. The fourth-order valence-electron chi connectivity index (χ4n) is 2.98. The maximum absolute atomic E-state index is 12.8. The zero-order chi connectivity index (χ0) is 20.3. The van der Waals surface area contributed by atoms with Crippen molar-refractivity contribution in [1.29, 1.82) is 0 Å². The Morgan fingerprint density at radius 1 is 1.32 bits per heavy atom. The van der Waals surface area contributed by atoms with Crippen molar-refractivity contribution < 1.29 is 9.53 Å². The molecule has 3 aromatic rings. The number of nitrogens with two attached hydrogens (primary N) is 1. The van der Waals surface area contributed by atoms with E-state index in [0.29, 0.717) is 23.3 Å². The number of halogens is 1. The van der Waals surface area contributed by atoms with E-state index in [4.69, 9.17) is 10.5 Å². The number of nitrogens with one attached hydrogen (secondary N) is 1. The number of nitrogens with zero attached hydrogens (tertiary/aromatic N) is 2. The van der Waals surface area contributed by atoms with Gasteiger partial charge in [0.05, 0.1) is 29.0 Å². The predicted molar refractivity (Wildman–Crippen MR) is 111 cm³/mol. The summed E-state index contributed by atoms with van der Waals surface area (Å²) < 4.78 is 7.44. The number of para-hydroxylation sites is 1. The van der Waals surface area contributed by atoms with Crippen LogP contribution in [0.4, 0.5) is 0 Å². The monoisotopic (exact) mass is 444 g/mol. The summed E-state index contributed by atoms with van der Waals surface area (Å²) in [7, 11) is 1.62. The smallest absolute Gasteiger partial charge is 0.261 e. The molecule has 1 unspecified atom stereocenters. The second-order valence-corrected chi connectivity index (χ2v) is 7.25. The highest BCUT2D eigenvalue weighted by molar-refractivity contribution is 9.10. The molecule has 0 saturated heterocycles. The zero-order valence-corrected chi connectivity index (χ0v) is 17.2. The molecule has 0 fully saturated rings. The van der Waals surface area contributed by atoms with Crippen LogP contribution in [0.3, 0.4) is 0 Å². The van der Waals surface area contributed by atoms with Crippen LogP contribution in [-0.2, 0) is 17.9 Å². The first-order valence-corrected chi connectivity index (χ1v) is 9.53.